The van der Waals surface area contributed by atoms with Crippen LogP contribution in [0, 0.1) is 0 Å². The van der Waals surface area contributed by atoms with Crippen LogP contribution >= 0.6 is 0 Å². The van der Waals surface area contributed by atoms with Crippen molar-refractivity contribution < 1.29 is 13.3 Å². The third-order valence-corrected chi connectivity index (χ3v) is 8.89. The van der Waals surface area contributed by atoms with Gasteiger partial charge in [-0.3, -0.25) is 0 Å². The summed E-state index contributed by atoms with van der Waals surface area (Å²) in [6.45, 7) is 11.9. The molecule has 0 aliphatic rings. The highest BCUT2D eigenvalue weighted by Crippen LogP contribution is 2.21. The minimum absolute atomic E-state index is 0.683. The van der Waals surface area contributed by atoms with Crippen molar-refractivity contribution in [3.8, 4) is 0 Å². The molecule has 0 spiro atoms. The van der Waals surface area contributed by atoms with E-state index in [1.165, 1.54) is 109 Å². The molecule has 0 atom stereocenters. The predicted octanol–water partition coefficient (Wildman–Crippen LogP) is 8.85. The van der Waals surface area contributed by atoms with Gasteiger partial charge in [0, 0.05) is 25.9 Å². The van der Waals surface area contributed by atoms with Gasteiger partial charge in [0.15, 0.2) is 0 Å². The molecule has 0 N–H and O–H groups in total. The lowest BCUT2D eigenvalue weighted by Gasteiger charge is -2.28. The van der Waals surface area contributed by atoms with Crippen LogP contribution in [-0.2, 0) is 13.3 Å². The summed E-state index contributed by atoms with van der Waals surface area (Å²) >= 11 is 0. The molecule has 180 valence electrons. The highest BCUT2D eigenvalue weighted by Gasteiger charge is 2.39. The van der Waals surface area contributed by atoms with Gasteiger partial charge in [-0.1, -0.05) is 96.0 Å². The van der Waals surface area contributed by atoms with E-state index in [1.54, 1.807) is 0 Å². The Morgan fingerprint density at radius 1 is 0.500 bits per heavy atom. The lowest BCUT2D eigenvalue weighted by molar-refractivity contribution is 0.0706. The Morgan fingerprint density at radius 2 is 0.800 bits per heavy atom. The molecular weight excluding hydrogens is 388 g/mol. The predicted molar refractivity (Wildman–Crippen MR) is 134 cm³/mol. The van der Waals surface area contributed by atoms with Gasteiger partial charge in [0.05, 0.1) is 0 Å². The first-order valence-corrected chi connectivity index (χ1v) is 15.2. The summed E-state index contributed by atoms with van der Waals surface area (Å²) in [5.74, 6) is 0. The SMILES string of the molecule is C=CCCCCCCCCCCCCCCCCCC[Si](OCC)(OCC)OCC. The van der Waals surface area contributed by atoms with Crippen molar-refractivity contribution in [1.82, 2.24) is 0 Å². The molecule has 0 aliphatic carbocycles. The van der Waals surface area contributed by atoms with Crippen molar-refractivity contribution in [3.63, 3.8) is 0 Å². The van der Waals surface area contributed by atoms with Crippen LogP contribution in [-0.4, -0.2) is 28.6 Å². The highest BCUT2D eigenvalue weighted by atomic mass is 28.4. The molecule has 30 heavy (non-hydrogen) atoms. The van der Waals surface area contributed by atoms with Gasteiger partial charge in [-0.25, -0.2) is 0 Å². The van der Waals surface area contributed by atoms with Gasteiger partial charge in [-0.15, -0.1) is 6.58 Å². The third-order valence-electron chi connectivity index (χ3n) is 5.73. The molecule has 0 rings (SSSR count). The molecule has 0 aliphatic heterocycles. The second-order valence-corrected chi connectivity index (χ2v) is 11.2. The molecule has 0 amide bonds. The molecule has 0 heterocycles. The lowest BCUT2D eigenvalue weighted by atomic mass is 10.0. The van der Waals surface area contributed by atoms with E-state index in [-0.39, 0.29) is 0 Å². The highest BCUT2D eigenvalue weighted by molar-refractivity contribution is 6.60. The van der Waals surface area contributed by atoms with Gasteiger partial charge in [0.2, 0.25) is 0 Å². The maximum Gasteiger partial charge on any atom is 0.500 e. The summed E-state index contributed by atoms with van der Waals surface area (Å²) in [5, 5.41) is 0. The summed E-state index contributed by atoms with van der Waals surface area (Å²) in [6.07, 6.45) is 25.4. The van der Waals surface area contributed by atoms with E-state index >= 15 is 0 Å². The van der Waals surface area contributed by atoms with Crippen LogP contribution in [0.1, 0.15) is 130 Å². The number of rotatable bonds is 25. The molecule has 0 fully saturated rings. The summed E-state index contributed by atoms with van der Waals surface area (Å²) in [6, 6.07) is 0.970. The van der Waals surface area contributed by atoms with Crippen LogP contribution < -0.4 is 0 Å². The van der Waals surface area contributed by atoms with Gasteiger partial charge in [-0.05, 0) is 40.0 Å². The lowest BCUT2D eigenvalue weighted by Crippen LogP contribution is -2.45. The Hall–Kier alpha value is -0.163. The maximum absolute atomic E-state index is 5.93. The van der Waals surface area contributed by atoms with Gasteiger partial charge >= 0.3 is 8.80 Å². The van der Waals surface area contributed by atoms with E-state index in [0.717, 1.165) is 6.04 Å². The molecule has 0 radical (unpaired) electrons. The molecular formula is C26H54O3Si. The van der Waals surface area contributed by atoms with Gasteiger partial charge in [0.1, 0.15) is 0 Å². The van der Waals surface area contributed by atoms with Crippen LogP contribution in [0.3, 0.4) is 0 Å². The normalized spacial score (nSPS) is 11.8. The standard InChI is InChI=1S/C26H54O3Si/c1-5-9-10-11-12-13-14-15-16-17-18-19-20-21-22-23-24-25-26-30(27-6-2,28-7-3)29-8-4/h5H,1,6-26H2,2-4H3. The molecule has 0 aromatic heterocycles. The van der Waals surface area contributed by atoms with Crippen molar-refractivity contribution in [1.29, 1.82) is 0 Å². The van der Waals surface area contributed by atoms with Crippen LogP contribution in [0.5, 0.6) is 0 Å². The fourth-order valence-corrected chi connectivity index (χ4v) is 6.79. The van der Waals surface area contributed by atoms with Crippen molar-refractivity contribution in [2.45, 2.75) is 136 Å². The smallest absolute Gasteiger partial charge is 0.374 e. The second-order valence-electron chi connectivity index (χ2n) is 8.47. The third kappa shape index (κ3) is 18.6. The minimum Gasteiger partial charge on any atom is -0.374 e. The Morgan fingerprint density at radius 3 is 1.10 bits per heavy atom. The number of allylic oxidation sites excluding steroid dienone is 1. The van der Waals surface area contributed by atoms with Crippen molar-refractivity contribution >= 4 is 8.80 Å². The van der Waals surface area contributed by atoms with E-state index in [2.05, 4.69) is 6.58 Å². The molecule has 0 bridgehead atoms. The van der Waals surface area contributed by atoms with E-state index in [4.69, 9.17) is 13.3 Å². The molecule has 0 aromatic carbocycles. The average Bonchev–Trinajstić information content (AvgIpc) is 2.73. The van der Waals surface area contributed by atoms with Gasteiger partial charge in [-0.2, -0.15) is 0 Å². The Bertz CT molecular complexity index is 332. The molecule has 0 saturated heterocycles. The summed E-state index contributed by atoms with van der Waals surface area (Å²) < 4.78 is 17.8. The molecule has 3 nitrogen and oxygen atoms in total. The fourth-order valence-electron chi connectivity index (χ4n) is 4.11. The molecule has 0 aromatic rings. The minimum atomic E-state index is -2.41. The fraction of sp³-hybridized carbons (Fsp3) is 0.923. The zero-order valence-electron chi connectivity index (χ0n) is 20.9. The first-order chi connectivity index (χ1) is 14.7. The summed E-state index contributed by atoms with van der Waals surface area (Å²) in [4.78, 5) is 0. The number of hydrogen-bond donors (Lipinski definition) is 0. The Kier molecular flexibility index (Phi) is 23.4. The second kappa shape index (κ2) is 23.5. The van der Waals surface area contributed by atoms with E-state index in [1.807, 2.05) is 26.8 Å². The van der Waals surface area contributed by atoms with E-state index in [0.29, 0.717) is 19.8 Å². The summed E-state index contributed by atoms with van der Waals surface area (Å²) in [5.41, 5.74) is 0. The van der Waals surface area contributed by atoms with Crippen molar-refractivity contribution in [2.75, 3.05) is 19.8 Å². The zero-order chi connectivity index (χ0) is 22.2. The average molecular weight is 443 g/mol. The van der Waals surface area contributed by atoms with Crippen molar-refractivity contribution in [3.05, 3.63) is 12.7 Å². The van der Waals surface area contributed by atoms with Crippen LogP contribution in [0.15, 0.2) is 12.7 Å². The molecule has 0 unspecified atom stereocenters. The first-order valence-electron chi connectivity index (χ1n) is 13.3. The Labute approximate surface area is 190 Å². The van der Waals surface area contributed by atoms with Gasteiger partial charge < -0.3 is 13.3 Å². The summed E-state index contributed by atoms with van der Waals surface area (Å²) in [7, 11) is -2.41. The van der Waals surface area contributed by atoms with Crippen LogP contribution in [0.25, 0.3) is 0 Å². The number of hydrogen-bond acceptors (Lipinski definition) is 3. The van der Waals surface area contributed by atoms with Crippen molar-refractivity contribution in [2.24, 2.45) is 0 Å². The zero-order valence-corrected chi connectivity index (χ0v) is 21.9. The molecule has 0 saturated carbocycles. The quantitative estimate of drug-likeness (QED) is 0.0802. The largest absolute Gasteiger partial charge is 0.500 e. The first kappa shape index (κ1) is 29.8. The maximum atomic E-state index is 5.93. The number of unbranched alkanes of at least 4 members (excludes halogenated alkanes) is 16. The van der Waals surface area contributed by atoms with E-state index in [9.17, 15) is 0 Å². The molecule has 4 heteroatoms. The van der Waals surface area contributed by atoms with Gasteiger partial charge in [0.25, 0.3) is 0 Å². The van der Waals surface area contributed by atoms with Crippen LogP contribution in [0.2, 0.25) is 6.04 Å². The topological polar surface area (TPSA) is 27.7 Å². The monoisotopic (exact) mass is 442 g/mol. The Balaban J connectivity index is 3.42. The van der Waals surface area contributed by atoms with Crippen LogP contribution in [0.4, 0.5) is 0 Å². The van der Waals surface area contributed by atoms with E-state index < -0.39 is 8.80 Å².